The van der Waals surface area contributed by atoms with Gasteiger partial charge in [0.1, 0.15) is 15.7 Å². The van der Waals surface area contributed by atoms with Gasteiger partial charge >= 0.3 is 6.09 Å². The third-order valence-corrected chi connectivity index (χ3v) is 2.97. The van der Waals surface area contributed by atoms with Crippen molar-refractivity contribution in [1.82, 2.24) is 14.5 Å². The van der Waals surface area contributed by atoms with Crippen molar-refractivity contribution in [2.24, 2.45) is 0 Å². The summed E-state index contributed by atoms with van der Waals surface area (Å²) in [5, 5.41) is 0. The number of aryl methyl sites for hydroxylation is 1. The first-order chi connectivity index (χ1) is 8.28. The Morgan fingerprint density at radius 1 is 1.39 bits per heavy atom. The fourth-order valence-electron chi connectivity index (χ4n) is 1.46. The second-order valence-electron chi connectivity index (χ2n) is 4.97. The van der Waals surface area contributed by atoms with Crippen molar-refractivity contribution < 1.29 is 9.53 Å². The summed E-state index contributed by atoms with van der Waals surface area (Å²) in [5.74, 6) is 0. The average molecular weight is 312 g/mol. The van der Waals surface area contributed by atoms with Crippen LogP contribution in [0.5, 0.6) is 0 Å². The van der Waals surface area contributed by atoms with Crippen LogP contribution >= 0.6 is 15.9 Å². The van der Waals surface area contributed by atoms with Gasteiger partial charge in [-0.3, -0.25) is 0 Å². The van der Waals surface area contributed by atoms with Gasteiger partial charge in [0.2, 0.25) is 0 Å². The van der Waals surface area contributed by atoms with Crippen molar-refractivity contribution in [1.29, 1.82) is 0 Å². The summed E-state index contributed by atoms with van der Waals surface area (Å²) in [7, 11) is 0. The molecule has 2 aromatic rings. The van der Waals surface area contributed by atoms with Gasteiger partial charge in [0, 0.05) is 6.20 Å². The summed E-state index contributed by atoms with van der Waals surface area (Å²) < 4.78 is 7.35. The fraction of sp³-hybridized carbons (Fsp3) is 0.417. The summed E-state index contributed by atoms with van der Waals surface area (Å²) in [6, 6.07) is 1.73. The Kier molecular flexibility index (Phi) is 3.14. The Morgan fingerprint density at radius 3 is 2.67 bits per heavy atom. The highest BCUT2D eigenvalue weighted by atomic mass is 79.9. The predicted molar refractivity (Wildman–Crippen MR) is 71.6 cm³/mol. The van der Waals surface area contributed by atoms with E-state index in [1.807, 2.05) is 27.7 Å². The molecule has 0 bridgehead atoms. The van der Waals surface area contributed by atoms with Crippen molar-refractivity contribution in [3.05, 3.63) is 22.6 Å². The van der Waals surface area contributed by atoms with E-state index in [1.54, 1.807) is 12.3 Å². The molecule has 0 radical (unpaired) electrons. The van der Waals surface area contributed by atoms with Crippen LogP contribution in [0, 0.1) is 6.92 Å². The Morgan fingerprint density at radius 2 is 2.06 bits per heavy atom. The quantitative estimate of drug-likeness (QED) is 0.749. The molecule has 0 aliphatic carbocycles. The molecule has 5 nitrogen and oxygen atoms in total. The summed E-state index contributed by atoms with van der Waals surface area (Å²) in [6.07, 6.45) is 1.17. The maximum absolute atomic E-state index is 12.0. The highest BCUT2D eigenvalue weighted by Gasteiger charge is 2.20. The van der Waals surface area contributed by atoms with Crippen LogP contribution in [-0.4, -0.2) is 26.2 Å². The van der Waals surface area contributed by atoms with Gasteiger partial charge < -0.3 is 4.74 Å². The van der Waals surface area contributed by atoms with E-state index >= 15 is 0 Å². The Labute approximate surface area is 113 Å². The number of hydrogen-bond donors (Lipinski definition) is 0. The minimum atomic E-state index is -0.536. The molecule has 2 heterocycles. The summed E-state index contributed by atoms with van der Waals surface area (Å²) >= 11 is 3.31. The number of carbonyl (C=O) groups is 1. The van der Waals surface area contributed by atoms with Crippen LogP contribution in [0.15, 0.2) is 16.9 Å². The van der Waals surface area contributed by atoms with Crippen molar-refractivity contribution in [2.45, 2.75) is 33.3 Å². The molecule has 18 heavy (non-hydrogen) atoms. The standard InChI is InChI=1S/C12H14BrN3O2/c1-7-9(13)15-8-5-6-16(10(8)14-7)11(17)18-12(2,3)4/h5-6H,1-4H3. The van der Waals surface area contributed by atoms with Gasteiger partial charge in [0.15, 0.2) is 5.65 Å². The third kappa shape index (κ3) is 2.53. The summed E-state index contributed by atoms with van der Waals surface area (Å²) in [4.78, 5) is 20.6. The van der Waals surface area contributed by atoms with E-state index in [2.05, 4.69) is 25.9 Å². The van der Waals surface area contributed by atoms with Gasteiger partial charge in [-0.1, -0.05) is 0 Å². The molecule has 0 amide bonds. The van der Waals surface area contributed by atoms with Crippen LogP contribution in [0.1, 0.15) is 26.5 Å². The van der Waals surface area contributed by atoms with E-state index in [9.17, 15) is 4.79 Å². The summed E-state index contributed by atoms with van der Waals surface area (Å²) in [6.45, 7) is 7.29. The van der Waals surface area contributed by atoms with E-state index in [-0.39, 0.29) is 0 Å². The maximum atomic E-state index is 12.0. The van der Waals surface area contributed by atoms with Crippen molar-refractivity contribution in [2.75, 3.05) is 0 Å². The minimum Gasteiger partial charge on any atom is -0.443 e. The molecule has 2 rings (SSSR count). The van der Waals surface area contributed by atoms with Crippen molar-refractivity contribution in [3.8, 4) is 0 Å². The number of fused-ring (bicyclic) bond motifs is 1. The Bertz CT molecular complexity index is 614. The van der Waals surface area contributed by atoms with Gasteiger partial charge in [-0.05, 0) is 49.7 Å². The van der Waals surface area contributed by atoms with Crippen molar-refractivity contribution in [3.63, 3.8) is 0 Å². The summed E-state index contributed by atoms with van der Waals surface area (Å²) in [5.41, 5.74) is 1.35. The second-order valence-corrected chi connectivity index (χ2v) is 5.73. The zero-order chi connectivity index (χ0) is 13.5. The van der Waals surface area contributed by atoms with Crippen LogP contribution < -0.4 is 0 Å². The number of ether oxygens (including phenoxy) is 1. The normalized spacial score (nSPS) is 11.8. The third-order valence-electron chi connectivity index (χ3n) is 2.22. The molecule has 0 aromatic carbocycles. The SMILES string of the molecule is Cc1nc2c(ccn2C(=O)OC(C)(C)C)nc1Br. The smallest absolute Gasteiger partial charge is 0.420 e. The number of hydrogen-bond acceptors (Lipinski definition) is 4. The first-order valence-electron chi connectivity index (χ1n) is 5.52. The van der Waals surface area contributed by atoms with Gasteiger partial charge in [-0.2, -0.15) is 0 Å². The van der Waals surface area contributed by atoms with Gasteiger partial charge in [-0.15, -0.1) is 0 Å². The molecule has 0 aliphatic rings. The molecular formula is C12H14BrN3O2. The molecule has 0 N–H and O–H groups in total. The Hall–Kier alpha value is -1.43. The fourth-order valence-corrected chi connectivity index (χ4v) is 1.74. The molecule has 0 aliphatic heterocycles. The average Bonchev–Trinajstić information content (AvgIpc) is 2.59. The maximum Gasteiger partial charge on any atom is 0.420 e. The first kappa shape index (κ1) is 13.0. The first-order valence-corrected chi connectivity index (χ1v) is 6.32. The Balaban J connectivity index is 2.46. The topological polar surface area (TPSA) is 57.0 Å². The van der Waals surface area contributed by atoms with Gasteiger partial charge in [0.05, 0.1) is 5.69 Å². The van der Waals surface area contributed by atoms with Crippen LogP contribution in [-0.2, 0) is 4.74 Å². The largest absolute Gasteiger partial charge is 0.443 e. The molecular weight excluding hydrogens is 298 g/mol. The van der Waals surface area contributed by atoms with Gasteiger partial charge in [-0.25, -0.2) is 19.3 Å². The molecule has 0 saturated carbocycles. The second kappa shape index (κ2) is 4.35. The van der Waals surface area contributed by atoms with E-state index in [0.717, 1.165) is 5.69 Å². The molecule has 0 atom stereocenters. The minimum absolute atomic E-state index is 0.450. The molecule has 2 aromatic heterocycles. The number of carbonyl (C=O) groups excluding carboxylic acids is 1. The lowest BCUT2D eigenvalue weighted by atomic mass is 10.2. The van der Waals surface area contributed by atoms with Crippen LogP contribution in [0.3, 0.4) is 0 Å². The monoisotopic (exact) mass is 311 g/mol. The zero-order valence-electron chi connectivity index (χ0n) is 10.7. The highest BCUT2D eigenvalue weighted by Crippen LogP contribution is 2.19. The predicted octanol–water partition coefficient (Wildman–Crippen LogP) is 3.29. The molecule has 0 fully saturated rings. The number of aromatic nitrogens is 3. The lowest BCUT2D eigenvalue weighted by Crippen LogP contribution is -2.26. The number of halogens is 1. The van der Waals surface area contributed by atoms with Crippen LogP contribution in [0.25, 0.3) is 11.2 Å². The highest BCUT2D eigenvalue weighted by molar-refractivity contribution is 9.10. The molecule has 0 spiro atoms. The number of rotatable bonds is 0. The number of nitrogens with zero attached hydrogens (tertiary/aromatic N) is 3. The van der Waals surface area contributed by atoms with Crippen LogP contribution in [0.4, 0.5) is 4.79 Å². The molecule has 6 heteroatoms. The van der Waals surface area contributed by atoms with E-state index in [1.165, 1.54) is 4.57 Å². The molecule has 96 valence electrons. The zero-order valence-corrected chi connectivity index (χ0v) is 12.3. The van der Waals surface area contributed by atoms with E-state index in [0.29, 0.717) is 15.8 Å². The molecule has 0 saturated heterocycles. The van der Waals surface area contributed by atoms with E-state index < -0.39 is 11.7 Å². The van der Waals surface area contributed by atoms with Crippen molar-refractivity contribution >= 4 is 33.2 Å². The molecule has 0 unspecified atom stereocenters. The van der Waals surface area contributed by atoms with Crippen LogP contribution in [0.2, 0.25) is 0 Å². The van der Waals surface area contributed by atoms with Gasteiger partial charge in [0.25, 0.3) is 0 Å². The lowest BCUT2D eigenvalue weighted by Gasteiger charge is -2.19. The lowest BCUT2D eigenvalue weighted by molar-refractivity contribution is 0.0543. The van der Waals surface area contributed by atoms with E-state index in [4.69, 9.17) is 4.74 Å².